The molecule has 0 saturated heterocycles. The number of carbonyl (C=O) groups is 1. The van der Waals surface area contributed by atoms with Gasteiger partial charge >= 0.3 is 0 Å². The second kappa shape index (κ2) is 7.65. The molecule has 0 aliphatic rings. The second-order valence-corrected chi connectivity index (χ2v) is 5.42. The van der Waals surface area contributed by atoms with Gasteiger partial charge in [0, 0.05) is 25.0 Å². The first kappa shape index (κ1) is 14.5. The second-order valence-electron chi connectivity index (χ2n) is 4.44. The minimum absolute atomic E-state index is 0.122. The van der Waals surface area contributed by atoms with Gasteiger partial charge in [0.1, 0.15) is 10.8 Å². The number of benzene rings is 1. The maximum atomic E-state index is 11.9. The zero-order valence-electron chi connectivity index (χ0n) is 11.5. The van der Waals surface area contributed by atoms with Crippen LogP contribution in [0.1, 0.15) is 17.8 Å². The Bertz CT molecular complexity index is 514. The number of nitrogens with zero attached hydrogens (tertiary/aromatic N) is 2. The van der Waals surface area contributed by atoms with Gasteiger partial charge in [-0.25, -0.2) is 4.98 Å². The summed E-state index contributed by atoms with van der Waals surface area (Å²) in [4.78, 5) is 17.8. The van der Waals surface area contributed by atoms with Crippen LogP contribution in [0.4, 0.5) is 0 Å². The van der Waals surface area contributed by atoms with Crippen molar-refractivity contribution in [1.29, 1.82) is 0 Å². The lowest BCUT2D eigenvalue weighted by molar-refractivity contribution is -0.130. The lowest BCUT2D eigenvalue weighted by Crippen LogP contribution is -2.26. The zero-order valence-corrected chi connectivity index (χ0v) is 12.3. The number of hydrogen-bond donors (Lipinski definition) is 0. The molecule has 0 spiro atoms. The number of rotatable bonds is 7. The number of amides is 1. The van der Waals surface area contributed by atoms with Crippen molar-refractivity contribution in [3.63, 3.8) is 0 Å². The van der Waals surface area contributed by atoms with Crippen molar-refractivity contribution in [2.45, 2.75) is 19.4 Å². The summed E-state index contributed by atoms with van der Waals surface area (Å²) in [5, 5.41) is 2.88. The average Bonchev–Trinajstić information content (AvgIpc) is 2.97. The summed E-state index contributed by atoms with van der Waals surface area (Å²) in [6, 6.07) is 9.64. The molecule has 0 N–H and O–H groups in total. The molecule has 0 radical (unpaired) electrons. The summed E-state index contributed by atoms with van der Waals surface area (Å²) in [5.41, 5.74) is 0. The standard InChI is InChI=1S/C15H18N2O2S/c1-17(12-14-16-9-11-20-14)15(18)8-5-10-19-13-6-3-2-4-7-13/h2-4,6-7,9,11H,5,8,10,12H2,1H3. The maximum absolute atomic E-state index is 11.9. The molecule has 20 heavy (non-hydrogen) atoms. The predicted octanol–water partition coefficient (Wildman–Crippen LogP) is 2.96. The van der Waals surface area contributed by atoms with Crippen LogP contribution in [0.25, 0.3) is 0 Å². The SMILES string of the molecule is CN(Cc1nccs1)C(=O)CCCOc1ccccc1. The molecule has 1 heterocycles. The van der Waals surface area contributed by atoms with Crippen LogP contribution >= 0.6 is 11.3 Å². The Labute approximate surface area is 123 Å². The van der Waals surface area contributed by atoms with Crippen LogP contribution in [0.5, 0.6) is 5.75 Å². The Hall–Kier alpha value is -1.88. The monoisotopic (exact) mass is 290 g/mol. The Morgan fingerprint density at radius 2 is 2.15 bits per heavy atom. The molecule has 5 heteroatoms. The van der Waals surface area contributed by atoms with Crippen LogP contribution in [0.15, 0.2) is 41.9 Å². The third-order valence-electron chi connectivity index (χ3n) is 2.83. The van der Waals surface area contributed by atoms with Crippen LogP contribution in [0.3, 0.4) is 0 Å². The topological polar surface area (TPSA) is 42.4 Å². The summed E-state index contributed by atoms with van der Waals surface area (Å²) < 4.78 is 5.56. The molecule has 0 aliphatic carbocycles. The predicted molar refractivity (Wildman–Crippen MR) is 79.8 cm³/mol. The van der Waals surface area contributed by atoms with E-state index in [0.29, 0.717) is 19.6 Å². The third kappa shape index (κ3) is 4.66. The minimum atomic E-state index is 0.122. The quantitative estimate of drug-likeness (QED) is 0.736. The first-order valence-corrected chi connectivity index (χ1v) is 7.44. The Kier molecular flexibility index (Phi) is 5.55. The summed E-state index contributed by atoms with van der Waals surface area (Å²) in [5.74, 6) is 0.966. The molecule has 106 valence electrons. The highest BCUT2D eigenvalue weighted by molar-refractivity contribution is 7.09. The van der Waals surface area contributed by atoms with Gasteiger partial charge < -0.3 is 9.64 Å². The molecule has 0 saturated carbocycles. The van der Waals surface area contributed by atoms with E-state index in [2.05, 4.69) is 4.98 Å². The van der Waals surface area contributed by atoms with Gasteiger partial charge in [0.2, 0.25) is 5.91 Å². The normalized spacial score (nSPS) is 10.2. The smallest absolute Gasteiger partial charge is 0.222 e. The average molecular weight is 290 g/mol. The molecular weight excluding hydrogens is 272 g/mol. The van der Waals surface area contributed by atoms with Crippen LogP contribution in [-0.4, -0.2) is 29.4 Å². The van der Waals surface area contributed by atoms with Gasteiger partial charge in [-0.1, -0.05) is 18.2 Å². The molecule has 0 unspecified atom stereocenters. The van der Waals surface area contributed by atoms with Crippen molar-refractivity contribution in [1.82, 2.24) is 9.88 Å². The van der Waals surface area contributed by atoms with Crippen LogP contribution in [0, 0.1) is 0 Å². The first-order valence-electron chi connectivity index (χ1n) is 6.56. The van der Waals surface area contributed by atoms with Crippen molar-refractivity contribution in [2.24, 2.45) is 0 Å². The van der Waals surface area contributed by atoms with Gasteiger partial charge in [-0.05, 0) is 18.6 Å². The van der Waals surface area contributed by atoms with Crippen molar-refractivity contribution < 1.29 is 9.53 Å². The molecule has 4 nitrogen and oxygen atoms in total. The van der Waals surface area contributed by atoms with Gasteiger partial charge in [-0.3, -0.25) is 4.79 Å². The number of para-hydroxylation sites is 1. The summed E-state index contributed by atoms with van der Waals surface area (Å²) >= 11 is 1.56. The molecule has 1 aromatic heterocycles. The summed E-state index contributed by atoms with van der Waals surface area (Å²) in [6.07, 6.45) is 2.97. The van der Waals surface area contributed by atoms with E-state index in [-0.39, 0.29) is 5.91 Å². The van der Waals surface area contributed by atoms with Gasteiger partial charge in [0.25, 0.3) is 0 Å². The Morgan fingerprint density at radius 3 is 2.85 bits per heavy atom. The highest BCUT2D eigenvalue weighted by Gasteiger charge is 2.10. The van der Waals surface area contributed by atoms with Gasteiger partial charge in [-0.15, -0.1) is 11.3 Å². The van der Waals surface area contributed by atoms with E-state index in [1.807, 2.05) is 42.8 Å². The van der Waals surface area contributed by atoms with Crippen LogP contribution < -0.4 is 4.74 Å². The fraction of sp³-hybridized carbons (Fsp3) is 0.333. The van der Waals surface area contributed by atoms with E-state index in [0.717, 1.165) is 17.2 Å². The number of ether oxygens (including phenoxy) is 1. The number of aromatic nitrogens is 1. The molecule has 2 aromatic rings. The van der Waals surface area contributed by atoms with Crippen molar-refractivity contribution >= 4 is 17.2 Å². The molecule has 1 aromatic carbocycles. The van der Waals surface area contributed by atoms with E-state index in [4.69, 9.17) is 4.74 Å². The highest BCUT2D eigenvalue weighted by atomic mass is 32.1. The lowest BCUT2D eigenvalue weighted by Gasteiger charge is -2.15. The van der Waals surface area contributed by atoms with Gasteiger partial charge in [0.15, 0.2) is 0 Å². The first-order chi connectivity index (χ1) is 9.75. The maximum Gasteiger partial charge on any atom is 0.222 e. The third-order valence-corrected chi connectivity index (χ3v) is 3.59. The van der Waals surface area contributed by atoms with Crippen LogP contribution in [0.2, 0.25) is 0 Å². The molecule has 1 amide bonds. The van der Waals surface area contributed by atoms with Crippen molar-refractivity contribution in [3.8, 4) is 5.75 Å². The molecule has 2 rings (SSSR count). The van der Waals surface area contributed by atoms with Crippen molar-refractivity contribution in [2.75, 3.05) is 13.7 Å². The minimum Gasteiger partial charge on any atom is -0.494 e. The van der Waals surface area contributed by atoms with E-state index in [1.165, 1.54) is 0 Å². The number of carbonyl (C=O) groups excluding carboxylic acids is 1. The van der Waals surface area contributed by atoms with E-state index in [9.17, 15) is 4.79 Å². The van der Waals surface area contributed by atoms with E-state index in [1.54, 1.807) is 22.4 Å². The van der Waals surface area contributed by atoms with E-state index < -0.39 is 0 Å². The highest BCUT2D eigenvalue weighted by Crippen LogP contribution is 2.10. The van der Waals surface area contributed by atoms with Gasteiger partial charge in [0.05, 0.1) is 13.2 Å². The lowest BCUT2D eigenvalue weighted by atomic mass is 10.3. The van der Waals surface area contributed by atoms with Crippen molar-refractivity contribution in [3.05, 3.63) is 46.9 Å². The zero-order chi connectivity index (χ0) is 14.2. The number of hydrogen-bond acceptors (Lipinski definition) is 4. The summed E-state index contributed by atoms with van der Waals surface area (Å²) in [6.45, 7) is 1.14. The molecule has 0 bridgehead atoms. The fourth-order valence-corrected chi connectivity index (χ4v) is 2.41. The molecular formula is C15H18N2O2S. The Balaban J connectivity index is 1.65. The van der Waals surface area contributed by atoms with E-state index >= 15 is 0 Å². The molecule has 0 fully saturated rings. The molecule has 0 atom stereocenters. The van der Waals surface area contributed by atoms with Crippen LogP contribution in [-0.2, 0) is 11.3 Å². The largest absolute Gasteiger partial charge is 0.494 e. The van der Waals surface area contributed by atoms with Gasteiger partial charge in [-0.2, -0.15) is 0 Å². The summed E-state index contributed by atoms with van der Waals surface area (Å²) in [7, 11) is 1.81. The number of thiazole rings is 1. The molecule has 0 aliphatic heterocycles. The fourth-order valence-electron chi connectivity index (χ4n) is 1.74. The Morgan fingerprint density at radius 1 is 1.35 bits per heavy atom.